The number of rotatable bonds is 10. The van der Waals surface area contributed by atoms with Crippen LogP contribution in [0.2, 0.25) is 0 Å². The van der Waals surface area contributed by atoms with Gasteiger partial charge in [-0.2, -0.15) is 5.26 Å². The van der Waals surface area contributed by atoms with Crippen LogP contribution >= 0.6 is 0 Å². The Balaban J connectivity index is 2.33. The molecule has 1 N–H and O–H groups in total. The molecule has 0 aliphatic heterocycles. The van der Waals surface area contributed by atoms with Crippen molar-refractivity contribution in [1.82, 2.24) is 5.32 Å². The Hall–Kier alpha value is -1.68. The quantitative estimate of drug-likeness (QED) is 0.523. The molecule has 5 nitrogen and oxygen atoms in total. The molecule has 0 fully saturated rings. The number of nitrogens with one attached hydrogen (secondary N) is 1. The largest absolute Gasteiger partial charge is 0.380 e. The van der Waals surface area contributed by atoms with E-state index in [2.05, 4.69) is 11.9 Å². The molecule has 0 heterocycles. The van der Waals surface area contributed by atoms with Gasteiger partial charge in [-0.3, -0.25) is 0 Å². The van der Waals surface area contributed by atoms with Crippen LogP contribution in [0.4, 0.5) is 0 Å². The Bertz CT molecular complexity index is 591. The molecule has 1 aromatic carbocycles. The molecular weight excluding hydrogens is 288 g/mol. The van der Waals surface area contributed by atoms with E-state index in [1.54, 1.807) is 18.2 Å². The zero-order chi connectivity index (χ0) is 15.6. The zero-order valence-electron chi connectivity index (χ0n) is 11.9. The predicted molar refractivity (Wildman–Crippen MR) is 81.7 cm³/mol. The van der Waals surface area contributed by atoms with E-state index in [4.69, 9.17) is 10.00 Å². The van der Waals surface area contributed by atoms with Gasteiger partial charge in [0, 0.05) is 13.1 Å². The Kier molecular flexibility index (Phi) is 7.69. The minimum Gasteiger partial charge on any atom is -0.380 e. The highest BCUT2D eigenvalue weighted by Gasteiger charge is 2.14. The SMILES string of the molecule is C=CCCOCCNCCS(=O)(=O)c1cccc(C#N)c1. The van der Waals surface area contributed by atoms with Gasteiger partial charge < -0.3 is 10.1 Å². The van der Waals surface area contributed by atoms with Crippen molar-refractivity contribution in [2.24, 2.45) is 0 Å². The molecule has 0 atom stereocenters. The first-order valence-electron chi connectivity index (χ1n) is 6.72. The molecule has 0 bridgehead atoms. The second-order valence-corrected chi connectivity index (χ2v) is 6.51. The third-order valence-corrected chi connectivity index (χ3v) is 4.47. The number of nitriles is 1. The van der Waals surface area contributed by atoms with Crippen molar-refractivity contribution < 1.29 is 13.2 Å². The van der Waals surface area contributed by atoms with Gasteiger partial charge in [0.2, 0.25) is 0 Å². The molecule has 1 aromatic rings. The van der Waals surface area contributed by atoms with Crippen molar-refractivity contribution in [3.05, 3.63) is 42.5 Å². The van der Waals surface area contributed by atoms with Crippen LogP contribution in [-0.2, 0) is 14.6 Å². The molecule has 0 unspecified atom stereocenters. The number of benzene rings is 1. The van der Waals surface area contributed by atoms with E-state index in [-0.39, 0.29) is 10.6 Å². The average Bonchev–Trinajstić information content (AvgIpc) is 2.50. The van der Waals surface area contributed by atoms with Gasteiger partial charge >= 0.3 is 0 Å². The van der Waals surface area contributed by atoms with Crippen LogP contribution in [0, 0.1) is 11.3 Å². The number of hydrogen-bond donors (Lipinski definition) is 1. The molecule has 0 radical (unpaired) electrons. The Morgan fingerprint density at radius 3 is 2.86 bits per heavy atom. The minimum atomic E-state index is -3.36. The third kappa shape index (κ3) is 6.54. The third-order valence-electron chi connectivity index (χ3n) is 2.76. The van der Waals surface area contributed by atoms with Crippen LogP contribution in [0.3, 0.4) is 0 Å². The summed E-state index contributed by atoms with van der Waals surface area (Å²) in [7, 11) is -3.36. The summed E-state index contributed by atoms with van der Waals surface area (Å²) in [5.74, 6) is -0.00542. The Morgan fingerprint density at radius 2 is 2.14 bits per heavy atom. The maximum Gasteiger partial charge on any atom is 0.179 e. The van der Waals surface area contributed by atoms with E-state index >= 15 is 0 Å². The van der Waals surface area contributed by atoms with Crippen LogP contribution in [0.25, 0.3) is 0 Å². The van der Waals surface area contributed by atoms with E-state index in [1.807, 2.05) is 6.07 Å². The highest BCUT2D eigenvalue weighted by atomic mass is 32.2. The van der Waals surface area contributed by atoms with Crippen molar-refractivity contribution in [1.29, 1.82) is 5.26 Å². The fourth-order valence-electron chi connectivity index (χ4n) is 1.62. The summed E-state index contributed by atoms with van der Waals surface area (Å²) in [4.78, 5) is 0.186. The summed E-state index contributed by atoms with van der Waals surface area (Å²) < 4.78 is 29.5. The lowest BCUT2D eigenvalue weighted by atomic mass is 10.2. The fourth-order valence-corrected chi connectivity index (χ4v) is 2.86. The van der Waals surface area contributed by atoms with Gasteiger partial charge in [-0.25, -0.2) is 8.42 Å². The van der Waals surface area contributed by atoms with Gasteiger partial charge in [-0.15, -0.1) is 6.58 Å². The Labute approximate surface area is 126 Å². The number of hydrogen-bond acceptors (Lipinski definition) is 5. The molecule has 0 spiro atoms. The second kappa shape index (κ2) is 9.29. The first-order valence-corrected chi connectivity index (χ1v) is 8.37. The lowest BCUT2D eigenvalue weighted by molar-refractivity contribution is 0.141. The van der Waals surface area contributed by atoms with E-state index < -0.39 is 9.84 Å². The van der Waals surface area contributed by atoms with Crippen molar-refractivity contribution >= 4 is 9.84 Å². The van der Waals surface area contributed by atoms with Gasteiger partial charge in [-0.05, 0) is 24.6 Å². The summed E-state index contributed by atoms with van der Waals surface area (Å²) in [6.07, 6.45) is 2.60. The number of ether oxygens (including phenoxy) is 1. The molecule has 0 saturated carbocycles. The lowest BCUT2D eigenvalue weighted by Crippen LogP contribution is -2.26. The van der Waals surface area contributed by atoms with Gasteiger partial charge in [0.05, 0.1) is 35.5 Å². The predicted octanol–water partition coefficient (Wildman–Crippen LogP) is 1.51. The topological polar surface area (TPSA) is 79.2 Å². The van der Waals surface area contributed by atoms with Gasteiger partial charge in [0.1, 0.15) is 0 Å². The van der Waals surface area contributed by atoms with E-state index in [9.17, 15) is 8.42 Å². The van der Waals surface area contributed by atoms with Crippen molar-refractivity contribution in [3.63, 3.8) is 0 Å². The monoisotopic (exact) mass is 308 g/mol. The van der Waals surface area contributed by atoms with Gasteiger partial charge in [0.25, 0.3) is 0 Å². The Morgan fingerprint density at radius 1 is 1.33 bits per heavy atom. The second-order valence-electron chi connectivity index (χ2n) is 4.40. The molecule has 1 rings (SSSR count). The lowest BCUT2D eigenvalue weighted by Gasteiger charge is -2.07. The maximum atomic E-state index is 12.1. The first kappa shape index (κ1) is 17.4. The normalized spacial score (nSPS) is 11.0. The smallest absolute Gasteiger partial charge is 0.179 e. The minimum absolute atomic E-state index is 0.00542. The van der Waals surface area contributed by atoms with Gasteiger partial charge in [-0.1, -0.05) is 12.1 Å². The molecule has 21 heavy (non-hydrogen) atoms. The van der Waals surface area contributed by atoms with Gasteiger partial charge in [0.15, 0.2) is 9.84 Å². The van der Waals surface area contributed by atoms with Crippen molar-refractivity contribution in [2.45, 2.75) is 11.3 Å². The van der Waals surface area contributed by atoms with E-state index in [0.717, 1.165) is 6.42 Å². The molecule has 6 heteroatoms. The zero-order valence-corrected chi connectivity index (χ0v) is 12.7. The number of nitrogens with zero attached hydrogens (tertiary/aromatic N) is 1. The van der Waals surface area contributed by atoms with Crippen molar-refractivity contribution in [2.75, 3.05) is 32.1 Å². The molecule has 0 saturated heterocycles. The average molecular weight is 308 g/mol. The summed E-state index contributed by atoms with van der Waals surface area (Å²) in [5, 5.41) is 11.8. The highest BCUT2D eigenvalue weighted by Crippen LogP contribution is 2.12. The summed E-state index contributed by atoms with van der Waals surface area (Å²) in [6, 6.07) is 8.00. The van der Waals surface area contributed by atoms with Crippen LogP contribution < -0.4 is 5.32 Å². The van der Waals surface area contributed by atoms with E-state index in [0.29, 0.717) is 31.9 Å². The molecule has 0 aliphatic carbocycles. The van der Waals surface area contributed by atoms with Crippen molar-refractivity contribution in [3.8, 4) is 6.07 Å². The molecule has 0 amide bonds. The summed E-state index contributed by atoms with van der Waals surface area (Å²) in [6.45, 7) is 5.72. The van der Waals surface area contributed by atoms with Crippen LogP contribution in [0.5, 0.6) is 0 Å². The molecule has 0 aromatic heterocycles. The fraction of sp³-hybridized carbons (Fsp3) is 0.400. The maximum absolute atomic E-state index is 12.1. The van der Waals surface area contributed by atoms with E-state index in [1.165, 1.54) is 12.1 Å². The summed E-state index contributed by atoms with van der Waals surface area (Å²) in [5.41, 5.74) is 0.347. The molecule has 0 aliphatic rings. The molecule has 114 valence electrons. The number of sulfone groups is 1. The van der Waals surface area contributed by atoms with Crippen LogP contribution in [0.1, 0.15) is 12.0 Å². The van der Waals surface area contributed by atoms with Crippen LogP contribution in [0.15, 0.2) is 41.8 Å². The first-order chi connectivity index (χ1) is 10.1. The molecular formula is C15H20N2O3S. The standard InChI is InChI=1S/C15H20N2O3S/c1-2-3-9-20-10-7-17-8-11-21(18,19)15-6-4-5-14(12-15)13-16/h2,4-6,12,17H,1,3,7-11H2. The summed E-state index contributed by atoms with van der Waals surface area (Å²) >= 11 is 0. The van der Waals surface area contributed by atoms with Crippen LogP contribution in [-0.4, -0.2) is 40.5 Å². The highest BCUT2D eigenvalue weighted by molar-refractivity contribution is 7.91.